The number of carbonyl (C=O) groups is 1. The van der Waals surface area contributed by atoms with Crippen LogP contribution in [0.4, 0.5) is 0 Å². The molecular formula is C14H19NO2. The molecule has 0 fully saturated rings. The first-order valence-corrected chi connectivity index (χ1v) is 5.66. The van der Waals surface area contributed by atoms with Crippen LogP contribution in [0.15, 0.2) is 41.6 Å². The van der Waals surface area contributed by atoms with Gasteiger partial charge in [-0.05, 0) is 25.3 Å². The maximum absolute atomic E-state index is 11.0. The number of benzene rings is 1. The molecule has 0 radical (unpaired) electrons. The predicted molar refractivity (Wildman–Crippen MR) is 68.8 cm³/mol. The van der Waals surface area contributed by atoms with Gasteiger partial charge in [0.15, 0.2) is 0 Å². The van der Waals surface area contributed by atoms with Crippen molar-refractivity contribution in [2.45, 2.75) is 19.8 Å². The third-order valence-electron chi connectivity index (χ3n) is 2.79. The zero-order chi connectivity index (χ0) is 12.8. The Hall–Kier alpha value is -1.77. The van der Waals surface area contributed by atoms with Gasteiger partial charge < -0.3 is 10.0 Å². The number of allylic oxidation sites excluding steroid dienone is 1. The van der Waals surface area contributed by atoms with Crippen molar-refractivity contribution in [2.24, 2.45) is 0 Å². The van der Waals surface area contributed by atoms with Gasteiger partial charge in [0, 0.05) is 19.8 Å². The summed E-state index contributed by atoms with van der Waals surface area (Å²) in [6.45, 7) is 1.66. The zero-order valence-electron chi connectivity index (χ0n) is 10.6. The van der Waals surface area contributed by atoms with Crippen LogP contribution in [-0.4, -0.2) is 30.1 Å². The second-order valence-electron chi connectivity index (χ2n) is 4.26. The molecular weight excluding hydrogens is 214 g/mol. The molecule has 1 N–H and O–H groups in total. The lowest BCUT2D eigenvalue weighted by Crippen LogP contribution is -2.17. The fourth-order valence-corrected chi connectivity index (χ4v) is 1.78. The van der Waals surface area contributed by atoms with E-state index in [9.17, 15) is 4.79 Å². The quantitative estimate of drug-likeness (QED) is 0.794. The Morgan fingerprint density at radius 1 is 1.24 bits per heavy atom. The van der Waals surface area contributed by atoms with E-state index in [1.54, 1.807) is 6.92 Å². The Morgan fingerprint density at radius 3 is 2.29 bits per heavy atom. The lowest BCUT2D eigenvalue weighted by molar-refractivity contribution is -0.132. The van der Waals surface area contributed by atoms with Crippen molar-refractivity contribution >= 4 is 5.97 Å². The standard InChI is InChI=1S/C14H19NO2/c1-11(14(16)17)13(15(2)3)10-9-12-7-5-4-6-8-12/h4-8H,9-10H2,1-3H3,(H,16,17)/b13-11+. The third-order valence-corrected chi connectivity index (χ3v) is 2.79. The largest absolute Gasteiger partial charge is 0.478 e. The Morgan fingerprint density at radius 2 is 1.82 bits per heavy atom. The fraction of sp³-hybridized carbons (Fsp3) is 0.357. The molecule has 92 valence electrons. The maximum Gasteiger partial charge on any atom is 0.333 e. The molecule has 0 saturated heterocycles. The third kappa shape index (κ3) is 3.94. The Labute approximate surface area is 102 Å². The van der Waals surface area contributed by atoms with Crippen LogP contribution in [-0.2, 0) is 11.2 Å². The highest BCUT2D eigenvalue weighted by Crippen LogP contribution is 2.15. The molecule has 0 aliphatic rings. The molecule has 1 rings (SSSR count). The zero-order valence-corrected chi connectivity index (χ0v) is 10.6. The van der Waals surface area contributed by atoms with Crippen LogP contribution in [0, 0.1) is 0 Å². The number of aryl methyl sites for hydroxylation is 1. The first-order valence-electron chi connectivity index (χ1n) is 5.66. The van der Waals surface area contributed by atoms with E-state index in [1.165, 1.54) is 5.56 Å². The summed E-state index contributed by atoms with van der Waals surface area (Å²) in [5, 5.41) is 9.01. The summed E-state index contributed by atoms with van der Waals surface area (Å²) in [7, 11) is 3.76. The van der Waals surface area contributed by atoms with Crippen LogP contribution in [0.1, 0.15) is 18.9 Å². The first kappa shape index (κ1) is 13.3. The molecule has 0 aromatic heterocycles. The summed E-state index contributed by atoms with van der Waals surface area (Å²) in [5.74, 6) is -0.846. The SMILES string of the molecule is C/C(C(=O)O)=C(/CCc1ccccc1)N(C)C. The summed E-state index contributed by atoms with van der Waals surface area (Å²) in [6, 6.07) is 10.1. The topological polar surface area (TPSA) is 40.5 Å². The van der Waals surface area contributed by atoms with Gasteiger partial charge >= 0.3 is 5.97 Å². The molecule has 0 bridgehead atoms. The van der Waals surface area contributed by atoms with E-state index < -0.39 is 5.97 Å². The number of rotatable bonds is 5. The van der Waals surface area contributed by atoms with E-state index in [0.717, 1.165) is 18.5 Å². The molecule has 3 nitrogen and oxygen atoms in total. The van der Waals surface area contributed by atoms with E-state index in [4.69, 9.17) is 5.11 Å². The Bertz CT molecular complexity index is 407. The van der Waals surface area contributed by atoms with Crippen LogP contribution in [0.2, 0.25) is 0 Å². The van der Waals surface area contributed by atoms with Gasteiger partial charge in [0.2, 0.25) is 0 Å². The normalized spacial score (nSPS) is 11.9. The molecule has 3 heteroatoms. The van der Waals surface area contributed by atoms with Crippen molar-refractivity contribution in [2.75, 3.05) is 14.1 Å². The molecule has 1 aromatic rings. The average molecular weight is 233 g/mol. The maximum atomic E-state index is 11.0. The molecule has 0 amide bonds. The van der Waals surface area contributed by atoms with Crippen LogP contribution in [0.3, 0.4) is 0 Å². The fourth-order valence-electron chi connectivity index (χ4n) is 1.78. The highest BCUT2D eigenvalue weighted by molar-refractivity contribution is 5.86. The van der Waals surface area contributed by atoms with Crippen molar-refractivity contribution in [3.63, 3.8) is 0 Å². The summed E-state index contributed by atoms with van der Waals surface area (Å²) >= 11 is 0. The minimum absolute atomic E-state index is 0.422. The smallest absolute Gasteiger partial charge is 0.333 e. The minimum Gasteiger partial charge on any atom is -0.478 e. The van der Waals surface area contributed by atoms with Gasteiger partial charge in [0.25, 0.3) is 0 Å². The van der Waals surface area contributed by atoms with Crippen LogP contribution >= 0.6 is 0 Å². The number of carboxylic acids is 1. The lowest BCUT2D eigenvalue weighted by atomic mass is 10.1. The second-order valence-corrected chi connectivity index (χ2v) is 4.26. The second kappa shape index (κ2) is 6.09. The van der Waals surface area contributed by atoms with E-state index in [0.29, 0.717) is 5.57 Å². The molecule has 0 aliphatic carbocycles. The first-order chi connectivity index (χ1) is 8.02. The van der Waals surface area contributed by atoms with E-state index in [2.05, 4.69) is 12.1 Å². The number of aliphatic carboxylic acids is 1. The average Bonchev–Trinajstić information content (AvgIpc) is 2.29. The van der Waals surface area contributed by atoms with E-state index in [1.807, 2.05) is 37.2 Å². The van der Waals surface area contributed by atoms with E-state index in [-0.39, 0.29) is 0 Å². The van der Waals surface area contributed by atoms with Crippen LogP contribution in [0.5, 0.6) is 0 Å². The Balaban J connectivity index is 2.77. The van der Waals surface area contributed by atoms with Crippen molar-refractivity contribution in [1.29, 1.82) is 0 Å². The number of hydrogen-bond acceptors (Lipinski definition) is 2. The van der Waals surface area contributed by atoms with Crippen molar-refractivity contribution in [1.82, 2.24) is 4.90 Å². The molecule has 1 aromatic carbocycles. The number of carboxylic acid groups (broad SMARTS) is 1. The van der Waals surface area contributed by atoms with E-state index >= 15 is 0 Å². The lowest BCUT2D eigenvalue weighted by Gasteiger charge is -2.19. The van der Waals surface area contributed by atoms with Gasteiger partial charge in [0.05, 0.1) is 5.57 Å². The minimum atomic E-state index is -0.846. The summed E-state index contributed by atoms with van der Waals surface area (Å²) < 4.78 is 0. The van der Waals surface area contributed by atoms with Crippen molar-refractivity contribution in [3.05, 3.63) is 47.2 Å². The molecule has 0 saturated carbocycles. The molecule has 0 heterocycles. The summed E-state index contributed by atoms with van der Waals surface area (Å²) in [5.41, 5.74) is 2.53. The molecule has 0 spiro atoms. The van der Waals surface area contributed by atoms with Gasteiger partial charge in [-0.15, -0.1) is 0 Å². The van der Waals surface area contributed by atoms with Crippen molar-refractivity contribution < 1.29 is 9.90 Å². The highest BCUT2D eigenvalue weighted by Gasteiger charge is 2.11. The van der Waals surface area contributed by atoms with Gasteiger partial charge in [-0.2, -0.15) is 0 Å². The molecule has 0 atom stereocenters. The Kier molecular flexibility index (Phi) is 4.76. The van der Waals surface area contributed by atoms with Crippen molar-refractivity contribution in [3.8, 4) is 0 Å². The van der Waals surface area contributed by atoms with Gasteiger partial charge in [-0.1, -0.05) is 30.3 Å². The molecule has 17 heavy (non-hydrogen) atoms. The van der Waals surface area contributed by atoms with Gasteiger partial charge in [-0.25, -0.2) is 4.79 Å². The van der Waals surface area contributed by atoms with Gasteiger partial charge in [0.1, 0.15) is 0 Å². The summed E-state index contributed by atoms with van der Waals surface area (Å²) in [6.07, 6.45) is 1.61. The number of nitrogens with zero attached hydrogens (tertiary/aromatic N) is 1. The highest BCUT2D eigenvalue weighted by atomic mass is 16.4. The van der Waals surface area contributed by atoms with Crippen LogP contribution < -0.4 is 0 Å². The predicted octanol–water partition coefficient (Wildman–Crippen LogP) is 2.54. The summed E-state index contributed by atoms with van der Waals surface area (Å²) in [4.78, 5) is 12.9. The monoisotopic (exact) mass is 233 g/mol. The van der Waals surface area contributed by atoms with Gasteiger partial charge in [-0.3, -0.25) is 0 Å². The molecule has 0 aliphatic heterocycles. The number of hydrogen-bond donors (Lipinski definition) is 1. The molecule has 0 unspecified atom stereocenters. The van der Waals surface area contributed by atoms with Crippen LogP contribution in [0.25, 0.3) is 0 Å².